The summed E-state index contributed by atoms with van der Waals surface area (Å²) in [5.74, 6) is -0.321. The van der Waals surface area contributed by atoms with Crippen molar-refractivity contribution in [3.63, 3.8) is 0 Å². The maximum Gasteiger partial charge on any atom is 0.339 e. The monoisotopic (exact) mass is 390 g/mol. The average Bonchev–Trinajstić information content (AvgIpc) is 2.67. The summed E-state index contributed by atoms with van der Waals surface area (Å²) >= 11 is 3.61. The molecule has 0 aliphatic heterocycles. The van der Waals surface area contributed by atoms with Crippen molar-refractivity contribution < 1.29 is 9.53 Å². The molecular weight excluding hydrogens is 376 g/mol. The second-order valence-corrected chi connectivity index (χ2v) is 6.70. The van der Waals surface area contributed by atoms with Crippen molar-refractivity contribution in [2.24, 2.45) is 0 Å². The lowest BCUT2D eigenvalue weighted by Crippen LogP contribution is -2.05. The van der Waals surface area contributed by atoms with Gasteiger partial charge in [-0.05, 0) is 38.7 Å². The molecule has 2 nitrogen and oxygen atoms in total. The van der Waals surface area contributed by atoms with Gasteiger partial charge in [-0.3, -0.25) is 0 Å². The Morgan fingerprint density at radius 2 is 1.40 bits per heavy atom. The van der Waals surface area contributed by atoms with E-state index < -0.39 is 0 Å². The van der Waals surface area contributed by atoms with Crippen LogP contribution in [0.4, 0.5) is 0 Å². The molecule has 0 heterocycles. The van der Waals surface area contributed by atoms with Gasteiger partial charge in [-0.2, -0.15) is 0 Å². The van der Waals surface area contributed by atoms with Crippen molar-refractivity contribution in [2.75, 3.05) is 7.11 Å². The molecule has 4 rings (SSSR count). The maximum absolute atomic E-state index is 12.6. The van der Waals surface area contributed by atoms with Crippen LogP contribution in [0.3, 0.4) is 0 Å². The van der Waals surface area contributed by atoms with Gasteiger partial charge in [0.1, 0.15) is 0 Å². The van der Waals surface area contributed by atoms with E-state index in [-0.39, 0.29) is 5.97 Å². The van der Waals surface area contributed by atoms with E-state index in [2.05, 4.69) is 28.1 Å². The van der Waals surface area contributed by atoms with Crippen LogP contribution >= 0.6 is 15.9 Å². The van der Waals surface area contributed by atoms with Crippen LogP contribution in [-0.2, 0) is 4.74 Å². The minimum atomic E-state index is -0.321. The fraction of sp³-hybridized carbons (Fsp3) is 0.0455. The number of benzene rings is 4. The lowest BCUT2D eigenvalue weighted by Gasteiger charge is -2.14. The number of carbonyl (C=O) groups is 1. The van der Waals surface area contributed by atoms with Crippen molar-refractivity contribution in [1.29, 1.82) is 0 Å². The predicted molar refractivity (Wildman–Crippen MR) is 106 cm³/mol. The minimum absolute atomic E-state index is 0.321. The summed E-state index contributed by atoms with van der Waals surface area (Å²) in [4.78, 5) is 12.6. The van der Waals surface area contributed by atoms with Gasteiger partial charge in [-0.25, -0.2) is 4.79 Å². The SMILES string of the molecule is COC(=O)c1c(-c2ccc(Br)c3ccccc23)ccc2ccccc12. The molecule has 0 spiro atoms. The highest BCUT2D eigenvalue weighted by molar-refractivity contribution is 9.10. The Kier molecular flexibility index (Phi) is 4.02. The Balaban J connectivity index is 2.12. The fourth-order valence-corrected chi connectivity index (χ4v) is 3.79. The molecule has 0 amide bonds. The number of rotatable bonds is 2. The molecule has 122 valence electrons. The van der Waals surface area contributed by atoms with Crippen molar-refractivity contribution >= 4 is 43.4 Å². The van der Waals surface area contributed by atoms with Gasteiger partial charge in [-0.1, -0.05) is 82.7 Å². The van der Waals surface area contributed by atoms with Crippen LogP contribution in [0, 0.1) is 0 Å². The Bertz CT molecular complexity index is 1120. The van der Waals surface area contributed by atoms with E-state index >= 15 is 0 Å². The van der Waals surface area contributed by atoms with E-state index in [0.717, 1.165) is 37.1 Å². The highest BCUT2D eigenvalue weighted by Crippen LogP contribution is 2.37. The summed E-state index contributed by atoms with van der Waals surface area (Å²) in [6.45, 7) is 0. The van der Waals surface area contributed by atoms with Gasteiger partial charge in [0.25, 0.3) is 0 Å². The first kappa shape index (κ1) is 15.9. The first-order valence-corrected chi connectivity index (χ1v) is 8.77. The lowest BCUT2D eigenvalue weighted by molar-refractivity contribution is 0.0604. The average molecular weight is 391 g/mol. The Hall–Kier alpha value is -2.65. The van der Waals surface area contributed by atoms with Crippen LogP contribution in [-0.4, -0.2) is 13.1 Å². The number of carbonyl (C=O) groups excluding carboxylic acids is 1. The summed E-state index contributed by atoms with van der Waals surface area (Å²) in [5.41, 5.74) is 2.51. The van der Waals surface area contributed by atoms with E-state index in [0.29, 0.717) is 5.56 Å². The number of fused-ring (bicyclic) bond motifs is 2. The standard InChI is InChI=1S/C22H15BrO2/c1-25-22(24)21-15-7-3-2-6-14(15)10-11-19(21)17-12-13-20(23)18-9-5-4-8-16(17)18/h2-13H,1H3. The zero-order valence-corrected chi connectivity index (χ0v) is 15.2. The van der Waals surface area contributed by atoms with Gasteiger partial charge in [0.05, 0.1) is 12.7 Å². The zero-order chi connectivity index (χ0) is 17.4. The third-order valence-corrected chi connectivity index (χ3v) is 5.17. The lowest BCUT2D eigenvalue weighted by atomic mass is 9.91. The molecule has 4 aromatic rings. The topological polar surface area (TPSA) is 26.3 Å². The molecule has 0 aromatic heterocycles. The molecule has 25 heavy (non-hydrogen) atoms. The van der Waals surface area contributed by atoms with E-state index in [1.807, 2.05) is 60.7 Å². The largest absolute Gasteiger partial charge is 0.465 e. The molecule has 0 saturated carbocycles. The molecule has 0 atom stereocenters. The van der Waals surface area contributed by atoms with Crippen LogP contribution < -0.4 is 0 Å². The van der Waals surface area contributed by atoms with Crippen LogP contribution in [0.15, 0.2) is 77.3 Å². The van der Waals surface area contributed by atoms with E-state index in [9.17, 15) is 4.79 Å². The van der Waals surface area contributed by atoms with E-state index in [1.54, 1.807) is 0 Å². The summed E-state index contributed by atoms with van der Waals surface area (Å²) < 4.78 is 6.13. The molecule has 0 unspecified atom stereocenters. The van der Waals surface area contributed by atoms with Crippen molar-refractivity contribution in [3.05, 3.63) is 82.8 Å². The van der Waals surface area contributed by atoms with E-state index in [1.165, 1.54) is 7.11 Å². The number of esters is 1. The molecule has 0 fully saturated rings. The maximum atomic E-state index is 12.6. The number of hydrogen-bond donors (Lipinski definition) is 0. The first-order chi connectivity index (χ1) is 12.2. The van der Waals surface area contributed by atoms with Gasteiger partial charge in [-0.15, -0.1) is 0 Å². The molecule has 0 radical (unpaired) electrons. The highest BCUT2D eigenvalue weighted by atomic mass is 79.9. The first-order valence-electron chi connectivity index (χ1n) is 7.98. The minimum Gasteiger partial charge on any atom is -0.465 e. The fourth-order valence-electron chi connectivity index (χ4n) is 3.32. The smallest absolute Gasteiger partial charge is 0.339 e. The predicted octanol–water partition coefficient (Wildman–Crippen LogP) is 6.21. The molecule has 0 N–H and O–H groups in total. The van der Waals surface area contributed by atoms with Gasteiger partial charge < -0.3 is 4.74 Å². The van der Waals surface area contributed by atoms with Crippen LogP contribution in [0.2, 0.25) is 0 Å². The molecule has 3 heteroatoms. The third kappa shape index (κ3) is 2.61. The Labute approximate surface area is 154 Å². The highest BCUT2D eigenvalue weighted by Gasteiger charge is 2.18. The van der Waals surface area contributed by atoms with Crippen LogP contribution in [0.25, 0.3) is 32.7 Å². The van der Waals surface area contributed by atoms with Gasteiger partial charge in [0.2, 0.25) is 0 Å². The second kappa shape index (κ2) is 6.34. The van der Waals surface area contributed by atoms with Gasteiger partial charge in [0.15, 0.2) is 0 Å². The number of methoxy groups -OCH3 is 1. The van der Waals surface area contributed by atoms with Crippen molar-refractivity contribution in [1.82, 2.24) is 0 Å². The third-order valence-electron chi connectivity index (χ3n) is 4.48. The Morgan fingerprint density at radius 3 is 2.16 bits per heavy atom. The summed E-state index contributed by atoms with van der Waals surface area (Å²) in [7, 11) is 1.42. The van der Waals surface area contributed by atoms with Gasteiger partial charge in [0, 0.05) is 4.47 Å². The number of hydrogen-bond acceptors (Lipinski definition) is 2. The van der Waals surface area contributed by atoms with Crippen molar-refractivity contribution in [3.8, 4) is 11.1 Å². The number of halogens is 1. The van der Waals surface area contributed by atoms with Gasteiger partial charge >= 0.3 is 5.97 Å². The van der Waals surface area contributed by atoms with Crippen LogP contribution in [0.1, 0.15) is 10.4 Å². The van der Waals surface area contributed by atoms with Crippen molar-refractivity contribution in [2.45, 2.75) is 0 Å². The summed E-state index contributed by atoms with van der Waals surface area (Å²) in [5, 5.41) is 4.13. The molecule has 0 aliphatic rings. The Morgan fingerprint density at radius 1 is 0.760 bits per heavy atom. The number of ether oxygens (including phenoxy) is 1. The molecule has 0 saturated heterocycles. The normalized spacial score (nSPS) is 11.0. The molecule has 0 aliphatic carbocycles. The summed E-state index contributed by atoms with van der Waals surface area (Å²) in [6.07, 6.45) is 0. The molecule has 0 bridgehead atoms. The summed E-state index contributed by atoms with van der Waals surface area (Å²) in [6, 6.07) is 24.2. The van der Waals surface area contributed by atoms with Crippen LogP contribution in [0.5, 0.6) is 0 Å². The molecular formula is C22H15BrO2. The quantitative estimate of drug-likeness (QED) is 0.380. The van der Waals surface area contributed by atoms with E-state index in [4.69, 9.17) is 4.74 Å². The second-order valence-electron chi connectivity index (χ2n) is 5.84. The zero-order valence-electron chi connectivity index (χ0n) is 13.6. The molecule has 4 aromatic carbocycles.